The highest BCUT2D eigenvalue weighted by Gasteiger charge is 2.51. The molecule has 27 heavy (non-hydrogen) atoms. The van der Waals surface area contributed by atoms with E-state index in [1.54, 1.807) is 27.7 Å². The number of ether oxygens (including phenoxy) is 2. The monoisotopic (exact) mass is 457 g/mol. The maximum Gasteiger partial charge on any atom is 0.428 e. The Kier molecular flexibility index (Phi) is 6.61. The van der Waals surface area contributed by atoms with Crippen LogP contribution in [0.1, 0.15) is 27.7 Å². The van der Waals surface area contributed by atoms with Crippen molar-refractivity contribution in [3.63, 3.8) is 0 Å². The SMILES string of the molecule is CC1=C(C(=O)OCC(Cl)(Cl)Cl)N2C(=O)/C(=N\NC(=O)OC(C)(C)C)[C@@H]2SC1. The molecule has 1 fully saturated rings. The number of hydrogen-bond acceptors (Lipinski definition) is 7. The van der Waals surface area contributed by atoms with E-state index in [1.807, 2.05) is 0 Å². The van der Waals surface area contributed by atoms with E-state index >= 15 is 0 Å². The maximum absolute atomic E-state index is 12.4. The molecule has 2 amide bonds. The smallest absolute Gasteiger partial charge is 0.428 e. The van der Waals surface area contributed by atoms with Gasteiger partial charge in [-0.05, 0) is 33.3 Å². The summed E-state index contributed by atoms with van der Waals surface area (Å²) in [6.45, 7) is 6.37. The van der Waals surface area contributed by atoms with Gasteiger partial charge in [-0.2, -0.15) is 5.10 Å². The topological polar surface area (TPSA) is 97.3 Å². The molecule has 0 aliphatic carbocycles. The second kappa shape index (κ2) is 8.06. The molecule has 1 atom stereocenters. The molecule has 0 spiro atoms. The van der Waals surface area contributed by atoms with E-state index in [4.69, 9.17) is 44.3 Å². The summed E-state index contributed by atoms with van der Waals surface area (Å²) < 4.78 is 8.28. The molecular formula is C15H18Cl3N3O5S. The Labute approximate surface area is 175 Å². The van der Waals surface area contributed by atoms with Gasteiger partial charge in [-0.15, -0.1) is 11.8 Å². The largest absolute Gasteiger partial charge is 0.456 e. The Bertz CT molecular complexity index is 727. The highest BCUT2D eigenvalue weighted by atomic mass is 35.6. The standard InChI is InChI=1S/C15H18Cl3N3O5S/c1-7-5-27-11-8(19-20-13(24)26-14(2,3)4)10(22)21(11)9(7)12(23)25-6-15(16,17)18/h11H,5-6H2,1-4H3,(H,20,24)/b19-8+/t11-/m0/s1. The van der Waals surface area contributed by atoms with Gasteiger partial charge in [0.05, 0.1) is 0 Å². The first kappa shape index (κ1) is 22.1. The molecule has 2 heterocycles. The first-order valence-corrected chi connectivity index (χ1v) is 9.94. The van der Waals surface area contributed by atoms with E-state index in [-0.39, 0.29) is 11.4 Å². The van der Waals surface area contributed by atoms with Crippen LogP contribution in [-0.4, -0.2) is 55.7 Å². The highest BCUT2D eigenvalue weighted by Crippen LogP contribution is 2.39. The maximum atomic E-state index is 12.4. The van der Waals surface area contributed by atoms with Gasteiger partial charge in [0.15, 0.2) is 5.71 Å². The molecule has 2 aliphatic rings. The van der Waals surface area contributed by atoms with Crippen molar-refractivity contribution in [1.29, 1.82) is 0 Å². The summed E-state index contributed by atoms with van der Waals surface area (Å²) in [6.07, 6.45) is -0.781. The minimum atomic E-state index is -1.75. The van der Waals surface area contributed by atoms with Crippen LogP contribution in [0.15, 0.2) is 16.4 Å². The molecule has 0 bridgehead atoms. The zero-order chi connectivity index (χ0) is 20.6. The van der Waals surface area contributed by atoms with E-state index in [2.05, 4.69) is 10.5 Å². The minimum absolute atomic E-state index is 0.0919. The number of amides is 2. The van der Waals surface area contributed by atoms with Crippen molar-refractivity contribution >= 4 is 70.2 Å². The van der Waals surface area contributed by atoms with Gasteiger partial charge in [0.25, 0.3) is 5.91 Å². The minimum Gasteiger partial charge on any atom is -0.456 e. The molecule has 1 N–H and O–H groups in total. The normalized spacial score (nSPS) is 21.6. The fourth-order valence-electron chi connectivity index (χ4n) is 2.24. The molecule has 0 aromatic rings. The third-order valence-corrected chi connectivity index (χ3v) is 4.91. The molecule has 0 aromatic heterocycles. The predicted molar refractivity (Wildman–Crippen MR) is 104 cm³/mol. The van der Waals surface area contributed by atoms with Crippen molar-refractivity contribution in [1.82, 2.24) is 10.3 Å². The molecular weight excluding hydrogens is 441 g/mol. The molecule has 0 radical (unpaired) electrons. The number of esters is 1. The second-order valence-electron chi connectivity index (χ2n) is 6.77. The van der Waals surface area contributed by atoms with Crippen molar-refractivity contribution in [2.45, 2.75) is 42.5 Å². The van der Waals surface area contributed by atoms with Gasteiger partial charge in [0.2, 0.25) is 3.79 Å². The van der Waals surface area contributed by atoms with Gasteiger partial charge in [0, 0.05) is 5.75 Å². The molecule has 2 rings (SSSR count). The number of fused-ring (bicyclic) bond motifs is 1. The number of thioether (sulfide) groups is 1. The third-order valence-electron chi connectivity index (χ3n) is 3.24. The lowest BCUT2D eigenvalue weighted by Crippen LogP contribution is -2.62. The van der Waals surface area contributed by atoms with Crippen molar-refractivity contribution < 1.29 is 23.9 Å². The zero-order valence-electron chi connectivity index (χ0n) is 15.0. The average molecular weight is 459 g/mol. The van der Waals surface area contributed by atoms with Crippen LogP contribution < -0.4 is 5.43 Å². The Morgan fingerprint density at radius 2 is 1.96 bits per heavy atom. The molecule has 2 aliphatic heterocycles. The Morgan fingerprint density at radius 1 is 1.33 bits per heavy atom. The molecule has 0 saturated carbocycles. The number of alkyl halides is 3. The van der Waals surface area contributed by atoms with Crippen molar-refractivity contribution in [3.8, 4) is 0 Å². The Morgan fingerprint density at radius 3 is 2.52 bits per heavy atom. The van der Waals surface area contributed by atoms with Gasteiger partial charge < -0.3 is 9.47 Å². The number of rotatable bonds is 3. The number of halogens is 3. The Hall–Kier alpha value is -1.16. The van der Waals surface area contributed by atoms with Crippen LogP contribution in [0, 0.1) is 0 Å². The number of carbonyl (C=O) groups excluding carboxylic acids is 3. The number of hydrogen-bond donors (Lipinski definition) is 1. The molecule has 1 saturated heterocycles. The molecule has 150 valence electrons. The quantitative estimate of drug-likeness (QED) is 0.302. The van der Waals surface area contributed by atoms with Gasteiger partial charge in [-0.1, -0.05) is 34.8 Å². The van der Waals surface area contributed by atoms with E-state index in [0.29, 0.717) is 11.3 Å². The molecule has 8 nitrogen and oxygen atoms in total. The summed E-state index contributed by atoms with van der Waals surface area (Å²) in [5, 5.41) is 3.30. The fourth-order valence-corrected chi connectivity index (χ4v) is 3.61. The zero-order valence-corrected chi connectivity index (χ0v) is 18.1. The molecule has 0 aromatic carbocycles. The van der Waals surface area contributed by atoms with Gasteiger partial charge in [0.1, 0.15) is 23.3 Å². The van der Waals surface area contributed by atoms with Crippen LogP contribution in [0.5, 0.6) is 0 Å². The van der Waals surface area contributed by atoms with Gasteiger partial charge in [-0.3, -0.25) is 9.69 Å². The lowest BCUT2D eigenvalue weighted by atomic mass is 10.1. The van der Waals surface area contributed by atoms with Gasteiger partial charge >= 0.3 is 12.1 Å². The summed E-state index contributed by atoms with van der Waals surface area (Å²) in [5.74, 6) is -0.821. The summed E-state index contributed by atoms with van der Waals surface area (Å²) in [4.78, 5) is 37.7. The van der Waals surface area contributed by atoms with Crippen LogP contribution >= 0.6 is 46.6 Å². The number of carbonyl (C=O) groups is 3. The van der Waals surface area contributed by atoms with Crippen LogP contribution in [0.3, 0.4) is 0 Å². The summed E-state index contributed by atoms with van der Waals surface area (Å²) >= 11 is 18.1. The number of nitrogens with zero attached hydrogens (tertiary/aromatic N) is 2. The lowest BCUT2D eigenvalue weighted by Gasteiger charge is -2.44. The summed E-state index contributed by atoms with van der Waals surface area (Å²) in [6, 6.07) is 0. The van der Waals surface area contributed by atoms with E-state index in [0.717, 1.165) is 0 Å². The first-order valence-electron chi connectivity index (χ1n) is 7.75. The van der Waals surface area contributed by atoms with E-state index in [9.17, 15) is 14.4 Å². The van der Waals surface area contributed by atoms with E-state index < -0.39 is 39.3 Å². The van der Waals surface area contributed by atoms with Crippen molar-refractivity contribution in [2.75, 3.05) is 12.4 Å². The number of hydrazone groups is 1. The first-order chi connectivity index (χ1) is 12.3. The summed E-state index contributed by atoms with van der Waals surface area (Å²) in [5.41, 5.74) is 2.34. The lowest BCUT2D eigenvalue weighted by molar-refractivity contribution is -0.144. The average Bonchev–Trinajstić information content (AvgIpc) is 2.50. The van der Waals surface area contributed by atoms with Crippen LogP contribution in [0.2, 0.25) is 0 Å². The van der Waals surface area contributed by atoms with Crippen LogP contribution in [0.25, 0.3) is 0 Å². The Balaban J connectivity index is 2.08. The highest BCUT2D eigenvalue weighted by molar-refractivity contribution is 8.01. The molecule has 0 unspecified atom stereocenters. The third kappa shape index (κ3) is 5.66. The number of nitrogens with one attached hydrogen (secondary N) is 1. The van der Waals surface area contributed by atoms with E-state index in [1.165, 1.54) is 16.7 Å². The van der Waals surface area contributed by atoms with Crippen LogP contribution in [-0.2, 0) is 19.1 Å². The summed E-state index contributed by atoms with van der Waals surface area (Å²) in [7, 11) is 0. The van der Waals surface area contributed by atoms with Crippen molar-refractivity contribution in [3.05, 3.63) is 11.3 Å². The predicted octanol–water partition coefficient (Wildman–Crippen LogP) is 2.97. The van der Waals surface area contributed by atoms with Crippen LogP contribution in [0.4, 0.5) is 4.79 Å². The van der Waals surface area contributed by atoms with Gasteiger partial charge in [-0.25, -0.2) is 15.0 Å². The fraction of sp³-hybridized carbons (Fsp3) is 0.600. The van der Waals surface area contributed by atoms with Crippen molar-refractivity contribution in [2.24, 2.45) is 5.10 Å². The second-order valence-corrected chi connectivity index (χ2v) is 10.4. The number of β-lactam (4-membered cyclic amide) rings is 1. The molecule has 12 heteroatoms.